The minimum absolute atomic E-state index is 0.243. The van der Waals surface area contributed by atoms with E-state index in [0.717, 1.165) is 18.4 Å². The van der Waals surface area contributed by atoms with Crippen molar-refractivity contribution in [3.63, 3.8) is 0 Å². The zero-order valence-electron chi connectivity index (χ0n) is 80.7. The SMILES string of the molecule is Cc1cc(C2CCCC2)nc2c3c(C4CCCC4)cccc3n3c4ccccc4[n+](C)c3c12.Cc1cc(C2CCCC2)nc2c3cc(C4CCCC4)ccc3n3c4ccccc4[n+](C)c3c12.Cc1cc(C2CCCC2)nc2c3ccc(C4CCCC4)cc3n3c4ccccc4[n+](C)c3c12.Cc1ccnc2c3cc(CC(C)(C)C)ccc3[n+]3c4ccc(CC(C)(C)C)cc4n(C)c3c12. The highest BCUT2D eigenvalue weighted by atomic mass is 15.1. The van der Waals surface area contributed by atoms with Crippen molar-refractivity contribution in [2.75, 3.05) is 0 Å². The molecule has 20 aromatic rings. The number of pyridine rings is 8. The van der Waals surface area contributed by atoms with Crippen molar-refractivity contribution in [3.05, 3.63) is 261 Å². The molecule has 6 aliphatic rings. The standard InChI is InChI=1S/3C30H32N3.C30H36N3/c1-19-18-23(21-12-5-6-13-21)31-29-27(19)30-32(2)24-15-7-8-16-25(24)33(30)26-17-9-14-22(28(26)29)20-10-3-4-11-20;1-19-17-24(21-11-5-6-12-21)31-29-23-18-22(20-9-3-4-10-20)15-16-25(23)33-27-14-8-7-13-26(27)32(2)30(33)28(19)29;1-19-17-24(21-11-5-6-12-21)31-29-23-16-15-22(20-9-3-4-10-20)18-27(23)33-26-14-8-7-13-25(26)32(2)30(33)28(19)29;1-19-13-14-31-27-22-15-20(17-29(2,3)4)9-11-23(22)33-24-12-10-21(18-30(5,6)7)16-25(24)32(8)28(33)26(19)27/h7-9,14-18,20-21H,3-6,10-13H2,1-2H3;2*7-8,13-18,20-21H,3-6,9-12H2,1-2H3;9-16H,17-18H2,1-8H3/q4*+1. The summed E-state index contributed by atoms with van der Waals surface area (Å²) in [6, 6.07) is 71.3. The van der Waals surface area contributed by atoms with Crippen LogP contribution in [0.2, 0.25) is 0 Å². The molecule has 0 unspecified atom stereocenters. The molecule has 12 aromatic heterocycles. The fourth-order valence-corrected chi connectivity index (χ4v) is 26.2. The highest BCUT2D eigenvalue weighted by Gasteiger charge is 2.36. The van der Waals surface area contributed by atoms with Crippen molar-refractivity contribution in [2.24, 2.45) is 39.0 Å². The van der Waals surface area contributed by atoms with E-state index in [1.54, 1.807) is 0 Å². The molecule has 0 saturated heterocycles. The second-order valence-electron chi connectivity index (χ2n) is 43.8. The largest absolute Gasteiger partial charge is 0.297 e. The van der Waals surface area contributed by atoms with Crippen LogP contribution in [0.1, 0.15) is 298 Å². The van der Waals surface area contributed by atoms with Crippen molar-refractivity contribution in [3.8, 4) is 0 Å². The quantitative estimate of drug-likeness (QED) is 0.112. The lowest BCUT2D eigenvalue weighted by Gasteiger charge is -2.18. The van der Waals surface area contributed by atoms with Gasteiger partial charge in [-0.3, -0.25) is 19.9 Å². The first kappa shape index (κ1) is 84.5. The molecule has 12 heteroatoms. The number of nitrogens with zero attached hydrogens (tertiary/aromatic N) is 12. The van der Waals surface area contributed by atoms with Crippen LogP contribution in [0, 0.1) is 38.5 Å². The Morgan fingerprint density at radius 1 is 0.303 bits per heavy atom. The van der Waals surface area contributed by atoms with Gasteiger partial charge in [-0.1, -0.05) is 191 Å². The van der Waals surface area contributed by atoms with Gasteiger partial charge in [-0.05, 0) is 312 Å². The minimum Gasteiger partial charge on any atom is -0.255 e. The molecule has 26 rings (SSSR count). The van der Waals surface area contributed by atoms with E-state index in [0.29, 0.717) is 35.5 Å². The Balaban J connectivity index is 0.0000000998. The number of fused-ring (bicyclic) bond motifs is 32. The number of benzene rings is 8. The summed E-state index contributed by atoms with van der Waals surface area (Å²) in [5.41, 5.74) is 42.1. The molecule has 6 fully saturated rings. The number of para-hydroxylation sites is 6. The molecule has 0 N–H and O–H groups in total. The van der Waals surface area contributed by atoms with E-state index in [1.165, 1.54) is 370 Å². The van der Waals surface area contributed by atoms with Gasteiger partial charge in [0.25, 0.3) is 22.6 Å². The molecule has 12 nitrogen and oxygen atoms in total. The number of rotatable bonds is 8. The van der Waals surface area contributed by atoms with Crippen LogP contribution < -0.4 is 18.1 Å². The van der Waals surface area contributed by atoms with Crippen LogP contribution in [0.25, 0.3) is 154 Å². The van der Waals surface area contributed by atoms with E-state index in [1.807, 2.05) is 6.20 Å². The summed E-state index contributed by atoms with van der Waals surface area (Å²) in [7, 11) is 8.84. The van der Waals surface area contributed by atoms with Crippen molar-refractivity contribution >= 4 is 154 Å². The second kappa shape index (κ2) is 33.2. The molecule has 132 heavy (non-hydrogen) atoms. The van der Waals surface area contributed by atoms with Gasteiger partial charge in [0, 0.05) is 57.2 Å². The monoisotopic (exact) mass is 1740 g/mol. The summed E-state index contributed by atoms with van der Waals surface area (Å²) in [5, 5.41) is 10.4. The van der Waals surface area contributed by atoms with E-state index in [2.05, 4.69) is 321 Å². The van der Waals surface area contributed by atoms with Crippen LogP contribution in [-0.4, -0.2) is 37.7 Å². The van der Waals surface area contributed by atoms with Crippen LogP contribution in [0.15, 0.2) is 194 Å². The topological polar surface area (TPSA) is 85.5 Å². The van der Waals surface area contributed by atoms with Crippen LogP contribution in [0.5, 0.6) is 0 Å². The molecule has 0 atom stereocenters. The van der Waals surface area contributed by atoms with Crippen molar-refractivity contribution in [1.29, 1.82) is 0 Å². The number of hydrogen-bond acceptors (Lipinski definition) is 4. The molecule has 12 heterocycles. The normalized spacial score (nSPS) is 16.8. The predicted octanol–water partition coefficient (Wildman–Crippen LogP) is 28.8. The third-order valence-electron chi connectivity index (χ3n) is 32.4. The fraction of sp³-hybridized carbons (Fsp3) is 0.400. The van der Waals surface area contributed by atoms with E-state index >= 15 is 0 Å². The van der Waals surface area contributed by atoms with Gasteiger partial charge in [0.1, 0.15) is 22.1 Å². The molecule has 0 aliphatic heterocycles. The molecule has 0 spiro atoms. The number of imidazole rings is 4. The first-order chi connectivity index (χ1) is 64.1. The molecule has 668 valence electrons. The van der Waals surface area contributed by atoms with Gasteiger partial charge in [-0.15, -0.1) is 0 Å². The maximum Gasteiger partial charge on any atom is 0.297 e. The molecule has 0 amide bonds. The van der Waals surface area contributed by atoms with E-state index in [-0.39, 0.29) is 10.8 Å². The van der Waals surface area contributed by atoms with Crippen LogP contribution in [-0.2, 0) is 41.0 Å². The van der Waals surface area contributed by atoms with Gasteiger partial charge in [-0.2, -0.15) is 17.6 Å². The van der Waals surface area contributed by atoms with Gasteiger partial charge in [-0.25, -0.2) is 18.3 Å². The van der Waals surface area contributed by atoms with Crippen LogP contribution in [0.3, 0.4) is 0 Å². The summed E-state index contributed by atoms with van der Waals surface area (Å²) in [6.07, 6.45) is 35.9. The minimum atomic E-state index is 0.243. The molecular formula is C120H132N12+4. The smallest absolute Gasteiger partial charge is 0.255 e. The average Bonchev–Trinajstić information content (AvgIpc) is 1.53. The third-order valence-corrected chi connectivity index (χ3v) is 32.4. The number of aromatic nitrogens is 12. The zero-order valence-corrected chi connectivity index (χ0v) is 80.7. The van der Waals surface area contributed by atoms with Gasteiger partial charge in [0.15, 0.2) is 44.1 Å². The summed E-state index contributed by atoms with van der Waals surface area (Å²) in [5.74, 6) is 3.93. The Labute approximate surface area is 776 Å². The van der Waals surface area contributed by atoms with Gasteiger partial charge >= 0.3 is 0 Å². The Morgan fingerprint density at radius 2 is 0.712 bits per heavy atom. The van der Waals surface area contributed by atoms with Gasteiger partial charge in [0.2, 0.25) is 0 Å². The molecular weight excluding hydrogens is 1610 g/mol. The van der Waals surface area contributed by atoms with Crippen molar-refractivity contribution in [1.82, 2.24) is 37.7 Å². The average molecular weight is 1740 g/mol. The lowest BCUT2D eigenvalue weighted by Crippen LogP contribution is -2.27. The molecule has 0 radical (unpaired) electrons. The van der Waals surface area contributed by atoms with Gasteiger partial charge in [0.05, 0.1) is 77.2 Å². The Morgan fingerprint density at radius 3 is 1.22 bits per heavy atom. The Kier molecular flexibility index (Phi) is 21.2. The fourth-order valence-electron chi connectivity index (χ4n) is 26.2. The number of hydrogen-bond donors (Lipinski definition) is 0. The molecule has 6 aliphatic carbocycles. The zero-order chi connectivity index (χ0) is 90.0. The summed E-state index contributed by atoms with van der Waals surface area (Å²) >= 11 is 0. The highest BCUT2D eigenvalue weighted by molar-refractivity contribution is 6.16. The maximum atomic E-state index is 5.51. The Hall–Kier alpha value is -11.8. The van der Waals surface area contributed by atoms with Gasteiger partial charge < -0.3 is 0 Å². The summed E-state index contributed by atoms with van der Waals surface area (Å²) in [6.45, 7) is 22.9. The van der Waals surface area contributed by atoms with Crippen molar-refractivity contribution < 1.29 is 18.1 Å². The number of aryl methyl sites for hydroxylation is 8. The lowest BCUT2D eigenvalue weighted by atomic mass is 9.87. The summed E-state index contributed by atoms with van der Waals surface area (Å²) < 4.78 is 19.4. The van der Waals surface area contributed by atoms with E-state index < -0.39 is 0 Å². The predicted molar refractivity (Wildman–Crippen MR) is 548 cm³/mol. The van der Waals surface area contributed by atoms with Crippen LogP contribution in [0.4, 0.5) is 0 Å². The van der Waals surface area contributed by atoms with Crippen LogP contribution >= 0.6 is 0 Å². The highest BCUT2D eigenvalue weighted by Crippen LogP contribution is 2.48. The molecule has 8 aromatic carbocycles. The Bertz CT molecular complexity index is 7990. The molecule has 6 saturated carbocycles. The van der Waals surface area contributed by atoms with E-state index in [9.17, 15) is 0 Å². The first-order valence-electron chi connectivity index (χ1n) is 50.7. The third kappa shape index (κ3) is 14.3. The van der Waals surface area contributed by atoms with Crippen molar-refractivity contribution in [2.45, 2.75) is 272 Å². The van der Waals surface area contributed by atoms with E-state index in [4.69, 9.17) is 19.9 Å². The lowest BCUT2D eigenvalue weighted by molar-refractivity contribution is -0.617. The second-order valence-corrected chi connectivity index (χ2v) is 43.8. The first-order valence-corrected chi connectivity index (χ1v) is 50.7. The summed E-state index contributed by atoms with van der Waals surface area (Å²) in [4.78, 5) is 21.3. The molecule has 0 bridgehead atoms. The maximum absolute atomic E-state index is 5.51.